The molecule has 244 valence electrons. The highest BCUT2D eigenvalue weighted by molar-refractivity contribution is 5.75. The second-order valence-corrected chi connectivity index (χ2v) is 15.8. The summed E-state index contributed by atoms with van der Waals surface area (Å²) in [5.41, 5.74) is 18.1. The number of benzene rings is 6. The molecule has 0 amide bonds. The largest absolute Gasteiger partial charge is 0.355 e. The topological polar surface area (TPSA) is 24.1 Å². The molecule has 6 aromatic rings. The van der Waals surface area contributed by atoms with Crippen LogP contribution in [-0.2, 0) is 16.2 Å². The predicted molar refractivity (Wildman–Crippen MR) is 209 cm³/mol. The van der Waals surface area contributed by atoms with Crippen LogP contribution in [0.5, 0.6) is 0 Å². The zero-order valence-electron chi connectivity index (χ0n) is 29.6. The average molecular weight is 639 g/mol. The van der Waals surface area contributed by atoms with E-state index in [0.29, 0.717) is 0 Å². The first kappa shape index (κ1) is 31.2. The smallest absolute Gasteiger partial charge is 0.0414 e. The maximum absolute atomic E-state index is 3.81. The van der Waals surface area contributed by atoms with Crippen LogP contribution >= 0.6 is 0 Å². The Bertz CT molecular complexity index is 2030. The Kier molecular flexibility index (Phi) is 7.33. The molecule has 2 heteroatoms. The van der Waals surface area contributed by atoms with E-state index in [2.05, 4.69) is 186 Å². The Morgan fingerprint density at radius 1 is 0.408 bits per heavy atom. The van der Waals surface area contributed by atoms with E-state index in [-0.39, 0.29) is 16.2 Å². The van der Waals surface area contributed by atoms with Gasteiger partial charge in [0, 0.05) is 28.2 Å². The quantitative estimate of drug-likeness (QED) is 0.190. The molecule has 0 bridgehead atoms. The van der Waals surface area contributed by atoms with Gasteiger partial charge in [0.2, 0.25) is 0 Å². The molecule has 0 heterocycles. The van der Waals surface area contributed by atoms with Crippen LogP contribution in [0, 0.1) is 13.8 Å². The fourth-order valence-electron chi connectivity index (χ4n) is 9.04. The molecule has 0 saturated carbocycles. The number of anilines is 4. The summed E-state index contributed by atoms with van der Waals surface area (Å²) in [6, 6.07) is 49.0. The van der Waals surface area contributed by atoms with Gasteiger partial charge in [-0.2, -0.15) is 0 Å². The molecule has 8 rings (SSSR count). The fourth-order valence-corrected chi connectivity index (χ4v) is 9.04. The van der Waals surface area contributed by atoms with Crippen LogP contribution in [0.2, 0.25) is 0 Å². The first-order chi connectivity index (χ1) is 23.5. The molecule has 0 aromatic heterocycles. The number of hydrogen-bond acceptors (Lipinski definition) is 2. The summed E-state index contributed by atoms with van der Waals surface area (Å²) >= 11 is 0. The lowest BCUT2D eigenvalue weighted by atomic mass is 9.72. The summed E-state index contributed by atoms with van der Waals surface area (Å²) < 4.78 is 0. The minimum atomic E-state index is -0.0501. The van der Waals surface area contributed by atoms with Gasteiger partial charge < -0.3 is 10.6 Å². The number of hydrogen-bond donors (Lipinski definition) is 2. The van der Waals surface area contributed by atoms with Crippen molar-refractivity contribution in [3.05, 3.63) is 167 Å². The molecule has 2 aliphatic rings. The van der Waals surface area contributed by atoms with Crippen LogP contribution in [-0.4, -0.2) is 0 Å². The summed E-state index contributed by atoms with van der Waals surface area (Å²) in [5, 5.41) is 7.63. The normalized spacial score (nSPS) is 16.3. The highest BCUT2D eigenvalue weighted by Crippen LogP contribution is 2.63. The van der Waals surface area contributed by atoms with Gasteiger partial charge in [-0.25, -0.2) is 0 Å². The standard InChI is InChI=1S/C47H46N2/c1-31-25-35(33-13-9-7-10-14-33)17-23-43(31)48-37-19-21-39-41(27-37)47(29-45(39,3)4)30-46(5,6)40-22-20-38(28-42(40)47)49-44-24-18-36(26-32(44)2)34-15-11-8-12-16-34/h7-28,48-49H,29-30H2,1-6H3. The van der Waals surface area contributed by atoms with E-state index in [1.165, 1.54) is 55.6 Å². The van der Waals surface area contributed by atoms with Crippen LogP contribution in [0.3, 0.4) is 0 Å². The van der Waals surface area contributed by atoms with Crippen LogP contribution < -0.4 is 10.6 Å². The van der Waals surface area contributed by atoms with Gasteiger partial charge in [0.05, 0.1) is 0 Å². The Balaban J connectivity index is 1.15. The monoisotopic (exact) mass is 638 g/mol. The number of rotatable bonds is 6. The Hall–Kier alpha value is -5.08. The van der Waals surface area contributed by atoms with E-state index in [1.54, 1.807) is 0 Å². The molecular formula is C47H46N2. The van der Waals surface area contributed by atoms with Crippen LogP contribution in [0.4, 0.5) is 22.7 Å². The van der Waals surface area contributed by atoms with Gasteiger partial charge in [0.1, 0.15) is 0 Å². The number of aryl methyl sites for hydroxylation is 2. The highest BCUT2D eigenvalue weighted by Gasteiger charge is 2.56. The molecule has 0 aliphatic heterocycles. The van der Waals surface area contributed by atoms with Crippen molar-refractivity contribution in [3.63, 3.8) is 0 Å². The van der Waals surface area contributed by atoms with Crippen molar-refractivity contribution in [1.29, 1.82) is 0 Å². The van der Waals surface area contributed by atoms with Crippen molar-refractivity contribution >= 4 is 22.7 Å². The van der Waals surface area contributed by atoms with Gasteiger partial charge in [0.15, 0.2) is 0 Å². The van der Waals surface area contributed by atoms with E-state index in [1.807, 2.05) is 0 Å². The van der Waals surface area contributed by atoms with Crippen molar-refractivity contribution < 1.29 is 0 Å². The lowest BCUT2D eigenvalue weighted by molar-refractivity contribution is 0.350. The third-order valence-electron chi connectivity index (χ3n) is 11.2. The lowest BCUT2D eigenvalue weighted by Gasteiger charge is -2.31. The van der Waals surface area contributed by atoms with Gasteiger partial charge >= 0.3 is 0 Å². The minimum absolute atomic E-state index is 0.0501. The molecule has 0 fully saturated rings. The Morgan fingerprint density at radius 2 is 0.816 bits per heavy atom. The molecule has 6 aromatic carbocycles. The van der Waals surface area contributed by atoms with E-state index in [9.17, 15) is 0 Å². The van der Waals surface area contributed by atoms with E-state index < -0.39 is 0 Å². The van der Waals surface area contributed by atoms with E-state index in [4.69, 9.17) is 0 Å². The Morgan fingerprint density at radius 3 is 1.20 bits per heavy atom. The molecular weight excluding hydrogens is 593 g/mol. The molecule has 0 unspecified atom stereocenters. The zero-order chi connectivity index (χ0) is 34.0. The summed E-state index contributed by atoms with van der Waals surface area (Å²) in [5.74, 6) is 0. The zero-order valence-corrected chi connectivity index (χ0v) is 29.6. The maximum Gasteiger partial charge on any atom is 0.0414 e. The van der Waals surface area contributed by atoms with Gasteiger partial charge in [-0.05, 0) is 142 Å². The van der Waals surface area contributed by atoms with Crippen molar-refractivity contribution in [2.24, 2.45) is 0 Å². The maximum atomic E-state index is 3.81. The average Bonchev–Trinajstić information content (AvgIpc) is 3.46. The highest BCUT2D eigenvalue weighted by atomic mass is 14.9. The molecule has 2 N–H and O–H groups in total. The number of nitrogens with one attached hydrogen (secondary N) is 2. The second kappa shape index (κ2) is 11.5. The van der Waals surface area contributed by atoms with Crippen molar-refractivity contribution in [2.75, 3.05) is 10.6 Å². The van der Waals surface area contributed by atoms with Gasteiger partial charge in [0.25, 0.3) is 0 Å². The molecule has 1 spiro atoms. The summed E-state index contributed by atoms with van der Waals surface area (Å²) in [7, 11) is 0. The van der Waals surface area contributed by atoms with E-state index >= 15 is 0 Å². The molecule has 0 atom stereocenters. The lowest BCUT2D eigenvalue weighted by Crippen LogP contribution is -2.27. The summed E-state index contributed by atoms with van der Waals surface area (Å²) in [4.78, 5) is 0. The van der Waals surface area contributed by atoms with Crippen LogP contribution in [0.25, 0.3) is 22.3 Å². The first-order valence-electron chi connectivity index (χ1n) is 17.7. The SMILES string of the molecule is Cc1cc(-c2ccccc2)ccc1Nc1ccc2c(c1)C1(CC2(C)C)CC(C)(C)c2ccc(Nc3ccc(-c4ccccc4)cc3C)cc21. The molecule has 2 aliphatic carbocycles. The minimum Gasteiger partial charge on any atom is -0.355 e. The first-order valence-corrected chi connectivity index (χ1v) is 17.7. The fraction of sp³-hybridized carbons (Fsp3) is 0.234. The Labute approximate surface area is 292 Å². The van der Waals surface area contributed by atoms with Crippen molar-refractivity contribution in [2.45, 2.75) is 70.6 Å². The van der Waals surface area contributed by atoms with Gasteiger partial charge in [-0.3, -0.25) is 0 Å². The molecule has 0 radical (unpaired) electrons. The molecule has 2 nitrogen and oxygen atoms in total. The number of fused-ring (bicyclic) bond motifs is 4. The van der Waals surface area contributed by atoms with Crippen molar-refractivity contribution in [3.8, 4) is 22.3 Å². The second-order valence-electron chi connectivity index (χ2n) is 15.8. The van der Waals surface area contributed by atoms with E-state index in [0.717, 1.165) is 35.6 Å². The molecule has 49 heavy (non-hydrogen) atoms. The van der Waals surface area contributed by atoms with Gasteiger partial charge in [-0.1, -0.05) is 113 Å². The third kappa shape index (κ3) is 5.44. The summed E-state index contributed by atoms with van der Waals surface area (Å²) in [6.45, 7) is 14.1. The van der Waals surface area contributed by atoms with Crippen LogP contribution in [0.15, 0.2) is 133 Å². The third-order valence-corrected chi connectivity index (χ3v) is 11.2. The van der Waals surface area contributed by atoms with Gasteiger partial charge in [-0.15, -0.1) is 0 Å². The summed E-state index contributed by atoms with van der Waals surface area (Å²) in [6.07, 6.45) is 2.21. The van der Waals surface area contributed by atoms with Crippen LogP contribution in [0.1, 0.15) is 73.9 Å². The molecule has 0 saturated heterocycles. The predicted octanol–water partition coefficient (Wildman–Crippen LogP) is 12.8. The van der Waals surface area contributed by atoms with Crippen molar-refractivity contribution in [1.82, 2.24) is 0 Å².